The maximum atomic E-state index is 11.5. The fourth-order valence-corrected chi connectivity index (χ4v) is 1.70. The summed E-state index contributed by atoms with van der Waals surface area (Å²) in [4.78, 5) is 11.5. The van der Waals surface area contributed by atoms with Crippen LogP contribution in [0.5, 0.6) is 0 Å². The fraction of sp³-hybridized carbons (Fsp3) is 0.417. The van der Waals surface area contributed by atoms with Crippen molar-refractivity contribution in [2.75, 3.05) is 11.9 Å². The second kappa shape index (κ2) is 5.89. The molecular formula is C12H17BrN2O. The van der Waals surface area contributed by atoms with Gasteiger partial charge in [0.2, 0.25) is 5.91 Å². The summed E-state index contributed by atoms with van der Waals surface area (Å²) in [6.45, 7) is 6.44. The van der Waals surface area contributed by atoms with Crippen LogP contribution in [-0.2, 0) is 4.79 Å². The molecular weight excluding hydrogens is 268 g/mol. The first-order valence-corrected chi connectivity index (χ1v) is 6.14. The zero-order valence-electron chi connectivity index (χ0n) is 9.80. The Labute approximate surface area is 105 Å². The quantitative estimate of drug-likeness (QED) is 0.893. The van der Waals surface area contributed by atoms with Crippen molar-refractivity contribution >= 4 is 27.5 Å². The van der Waals surface area contributed by atoms with Gasteiger partial charge in [-0.15, -0.1) is 0 Å². The molecule has 1 rings (SSSR count). The maximum absolute atomic E-state index is 11.5. The van der Waals surface area contributed by atoms with Crippen molar-refractivity contribution in [3.63, 3.8) is 0 Å². The topological polar surface area (TPSA) is 41.1 Å². The number of likely N-dealkylation sites (N-methyl/N-ethyl adjacent to an activating group) is 1. The summed E-state index contributed by atoms with van der Waals surface area (Å²) in [6, 6.07) is 5.73. The Hall–Kier alpha value is -1.03. The number of hydrogen-bond donors (Lipinski definition) is 2. The van der Waals surface area contributed by atoms with Gasteiger partial charge in [0, 0.05) is 16.7 Å². The number of carbonyl (C=O) groups is 1. The zero-order chi connectivity index (χ0) is 12.1. The molecule has 4 heteroatoms. The molecule has 0 aromatic heterocycles. The van der Waals surface area contributed by atoms with Crippen molar-refractivity contribution in [2.45, 2.75) is 26.8 Å². The number of amides is 1. The van der Waals surface area contributed by atoms with Gasteiger partial charge >= 0.3 is 0 Å². The van der Waals surface area contributed by atoms with Crippen LogP contribution in [-0.4, -0.2) is 18.5 Å². The summed E-state index contributed by atoms with van der Waals surface area (Å²) < 4.78 is 1.04. The Bertz CT molecular complexity index is 379. The third kappa shape index (κ3) is 3.52. The van der Waals surface area contributed by atoms with Crippen LogP contribution in [0.2, 0.25) is 0 Å². The first-order chi connectivity index (χ1) is 7.54. The molecule has 0 heterocycles. The predicted molar refractivity (Wildman–Crippen MR) is 70.6 cm³/mol. The summed E-state index contributed by atoms with van der Waals surface area (Å²) in [5, 5.41) is 5.93. The highest BCUT2D eigenvalue weighted by Gasteiger charge is 2.11. The second-order valence-corrected chi connectivity index (χ2v) is 4.58. The fourth-order valence-electron chi connectivity index (χ4n) is 1.33. The molecule has 1 atom stereocenters. The SMILES string of the molecule is CCNC(=O)C(C)Nc1ccc(C)c(Br)c1. The van der Waals surface area contributed by atoms with Crippen molar-refractivity contribution in [1.29, 1.82) is 0 Å². The molecule has 0 saturated heterocycles. The van der Waals surface area contributed by atoms with Crippen LogP contribution < -0.4 is 10.6 Å². The van der Waals surface area contributed by atoms with Gasteiger partial charge in [0.05, 0.1) is 0 Å². The first-order valence-electron chi connectivity index (χ1n) is 5.35. The number of halogens is 1. The Morgan fingerprint density at radius 2 is 2.19 bits per heavy atom. The van der Waals surface area contributed by atoms with Gasteiger partial charge in [-0.1, -0.05) is 22.0 Å². The van der Waals surface area contributed by atoms with Crippen molar-refractivity contribution in [3.05, 3.63) is 28.2 Å². The molecule has 0 aliphatic heterocycles. The molecule has 0 radical (unpaired) electrons. The van der Waals surface area contributed by atoms with Gasteiger partial charge in [0.1, 0.15) is 6.04 Å². The first kappa shape index (κ1) is 13.0. The van der Waals surface area contributed by atoms with Crippen LogP contribution in [0.1, 0.15) is 19.4 Å². The van der Waals surface area contributed by atoms with Crippen LogP contribution in [0, 0.1) is 6.92 Å². The lowest BCUT2D eigenvalue weighted by molar-refractivity contribution is -0.121. The molecule has 1 amide bonds. The van der Waals surface area contributed by atoms with Crippen LogP contribution in [0.4, 0.5) is 5.69 Å². The molecule has 3 nitrogen and oxygen atoms in total. The number of anilines is 1. The molecule has 0 fully saturated rings. The molecule has 1 unspecified atom stereocenters. The Morgan fingerprint density at radius 3 is 2.75 bits per heavy atom. The van der Waals surface area contributed by atoms with E-state index in [9.17, 15) is 4.79 Å². The molecule has 0 aliphatic carbocycles. The number of nitrogens with one attached hydrogen (secondary N) is 2. The van der Waals surface area contributed by atoms with Crippen molar-refractivity contribution in [3.8, 4) is 0 Å². The largest absolute Gasteiger partial charge is 0.374 e. The standard InChI is InChI=1S/C12H17BrN2O/c1-4-14-12(16)9(3)15-10-6-5-8(2)11(13)7-10/h5-7,9,15H,4H2,1-3H3,(H,14,16). The van der Waals surface area contributed by atoms with Gasteiger partial charge in [0.15, 0.2) is 0 Å². The molecule has 0 bridgehead atoms. The Balaban J connectivity index is 2.66. The van der Waals surface area contributed by atoms with Crippen molar-refractivity contribution in [1.82, 2.24) is 5.32 Å². The van der Waals surface area contributed by atoms with Crippen molar-refractivity contribution < 1.29 is 4.79 Å². The maximum Gasteiger partial charge on any atom is 0.242 e. The Morgan fingerprint density at radius 1 is 1.50 bits per heavy atom. The number of rotatable bonds is 4. The monoisotopic (exact) mass is 284 g/mol. The summed E-state index contributed by atoms with van der Waals surface area (Å²) in [5.41, 5.74) is 2.12. The highest BCUT2D eigenvalue weighted by Crippen LogP contribution is 2.20. The van der Waals surface area contributed by atoms with E-state index in [0.29, 0.717) is 6.54 Å². The van der Waals surface area contributed by atoms with Crippen LogP contribution in [0.25, 0.3) is 0 Å². The zero-order valence-corrected chi connectivity index (χ0v) is 11.4. The lowest BCUT2D eigenvalue weighted by atomic mass is 10.2. The predicted octanol–water partition coefficient (Wildman–Crippen LogP) is 2.69. The van der Waals surface area contributed by atoms with Gasteiger partial charge in [-0.3, -0.25) is 4.79 Å². The van der Waals surface area contributed by atoms with E-state index in [1.54, 1.807) is 0 Å². The number of carbonyl (C=O) groups excluding carboxylic acids is 1. The highest BCUT2D eigenvalue weighted by molar-refractivity contribution is 9.10. The molecule has 0 aliphatic rings. The normalized spacial score (nSPS) is 12.0. The van der Waals surface area contributed by atoms with E-state index in [1.165, 1.54) is 5.56 Å². The average molecular weight is 285 g/mol. The average Bonchev–Trinajstić information content (AvgIpc) is 2.24. The molecule has 16 heavy (non-hydrogen) atoms. The van der Waals surface area contributed by atoms with Gasteiger partial charge in [-0.2, -0.15) is 0 Å². The van der Waals surface area contributed by atoms with Gasteiger partial charge in [-0.05, 0) is 38.5 Å². The summed E-state index contributed by atoms with van der Waals surface area (Å²) >= 11 is 3.46. The van der Waals surface area contributed by atoms with E-state index in [1.807, 2.05) is 39.0 Å². The number of benzene rings is 1. The molecule has 1 aromatic rings. The van der Waals surface area contributed by atoms with E-state index in [4.69, 9.17) is 0 Å². The minimum atomic E-state index is -0.227. The molecule has 0 spiro atoms. The van der Waals surface area contributed by atoms with Gasteiger partial charge < -0.3 is 10.6 Å². The van der Waals surface area contributed by atoms with Crippen LogP contribution in [0.3, 0.4) is 0 Å². The minimum absolute atomic E-state index is 0.0131. The van der Waals surface area contributed by atoms with E-state index in [0.717, 1.165) is 10.2 Å². The molecule has 88 valence electrons. The molecule has 2 N–H and O–H groups in total. The highest BCUT2D eigenvalue weighted by atomic mass is 79.9. The van der Waals surface area contributed by atoms with Crippen LogP contribution in [0.15, 0.2) is 22.7 Å². The third-order valence-corrected chi connectivity index (χ3v) is 3.15. The summed E-state index contributed by atoms with van der Waals surface area (Å²) in [5.74, 6) is 0.0131. The van der Waals surface area contributed by atoms with E-state index >= 15 is 0 Å². The Kier molecular flexibility index (Phi) is 4.80. The van der Waals surface area contributed by atoms with Gasteiger partial charge in [0.25, 0.3) is 0 Å². The van der Waals surface area contributed by atoms with E-state index < -0.39 is 0 Å². The number of hydrogen-bond acceptors (Lipinski definition) is 2. The lowest BCUT2D eigenvalue weighted by Crippen LogP contribution is -2.37. The smallest absolute Gasteiger partial charge is 0.242 e. The summed E-state index contributed by atoms with van der Waals surface area (Å²) in [7, 11) is 0. The lowest BCUT2D eigenvalue weighted by Gasteiger charge is -2.15. The second-order valence-electron chi connectivity index (χ2n) is 3.72. The summed E-state index contributed by atoms with van der Waals surface area (Å²) in [6.07, 6.45) is 0. The van der Waals surface area contributed by atoms with E-state index in [-0.39, 0.29) is 11.9 Å². The minimum Gasteiger partial charge on any atom is -0.374 e. The molecule has 1 aromatic carbocycles. The number of aryl methyl sites for hydroxylation is 1. The third-order valence-electron chi connectivity index (χ3n) is 2.30. The van der Waals surface area contributed by atoms with Crippen LogP contribution >= 0.6 is 15.9 Å². The molecule has 0 saturated carbocycles. The van der Waals surface area contributed by atoms with Gasteiger partial charge in [-0.25, -0.2) is 0 Å². The van der Waals surface area contributed by atoms with E-state index in [2.05, 4.69) is 26.6 Å². The van der Waals surface area contributed by atoms with Crippen molar-refractivity contribution in [2.24, 2.45) is 0 Å².